The first kappa shape index (κ1) is 22.4. The number of piperidine rings is 1. The molecule has 1 amide bonds. The van der Waals surface area contributed by atoms with Crippen molar-refractivity contribution in [2.24, 2.45) is 0 Å². The standard InChI is InChI=1S/C23H28N4O4S/c1-16-6-3-4-10-27(16)21-12-17(14-29-2)25-23(26-21)32-15-19-8-9-20(31-19)22(28)24-13-18-7-5-11-30-18/h5,7-9,11-12,16H,3-4,6,10,13-15H2,1-2H3,(H,24,28). The van der Waals surface area contributed by atoms with Crippen molar-refractivity contribution in [3.63, 3.8) is 0 Å². The number of carbonyl (C=O) groups is 1. The summed E-state index contributed by atoms with van der Waals surface area (Å²) in [5.41, 5.74) is 0.857. The lowest BCUT2D eigenvalue weighted by molar-refractivity contribution is 0.0919. The summed E-state index contributed by atoms with van der Waals surface area (Å²) in [7, 11) is 1.67. The Morgan fingerprint density at radius 2 is 2.19 bits per heavy atom. The molecule has 0 aliphatic carbocycles. The van der Waals surface area contributed by atoms with Gasteiger partial charge >= 0.3 is 0 Å². The molecule has 1 atom stereocenters. The molecule has 1 aliphatic heterocycles. The van der Waals surface area contributed by atoms with Crippen molar-refractivity contribution in [1.29, 1.82) is 0 Å². The molecule has 1 N–H and O–H groups in total. The highest BCUT2D eigenvalue weighted by molar-refractivity contribution is 7.98. The first-order valence-electron chi connectivity index (χ1n) is 10.8. The smallest absolute Gasteiger partial charge is 0.287 e. The first-order chi connectivity index (χ1) is 15.6. The van der Waals surface area contributed by atoms with E-state index in [0.717, 1.165) is 18.1 Å². The van der Waals surface area contributed by atoms with Crippen LogP contribution in [0.4, 0.5) is 5.82 Å². The number of furan rings is 2. The third-order valence-corrected chi connectivity index (χ3v) is 6.24. The summed E-state index contributed by atoms with van der Waals surface area (Å²) >= 11 is 1.48. The zero-order valence-corrected chi connectivity index (χ0v) is 19.2. The van der Waals surface area contributed by atoms with Crippen LogP contribution in [-0.4, -0.2) is 35.6 Å². The molecule has 9 heteroatoms. The number of hydrogen-bond acceptors (Lipinski definition) is 8. The molecule has 0 aromatic carbocycles. The molecule has 32 heavy (non-hydrogen) atoms. The molecule has 170 valence electrons. The summed E-state index contributed by atoms with van der Waals surface area (Å²) in [6.45, 7) is 4.00. The summed E-state index contributed by atoms with van der Waals surface area (Å²) in [4.78, 5) is 24.1. The van der Waals surface area contributed by atoms with Gasteiger partial charge in [0, 0.05) is 25.8 Å². The highest BCUT2D eigenvalue weighted by atomic mass is 32.2. The minimum absolute atomic E-state index is 0.268. The molecule has 0 bridgehead atoms. The molecule has 1 unspecified atom stereocenters. The Morgan fingerprint density at radius 3 is 2.97 bits per heavy atom. The molecule has 4 rings (SSSR count). The highest BCUT2D eigenvalue weighted by Crippen LogP contribution is 2.27. The fourth-order valence-electron chi connectivity index (χ4n) is 3.71. The maximum Gasteiger partial charge on any atom is 0.287 e. The van der Waals surface area contributed by atoms with Crippen molar-refractivity contribution < 1.29 is 18.4 Å². The van der Waals surface area contributed by atoms with Gasteiger partial charge in [0.25, 0.3) is 5.91 Å². The number of carbonyl (C=O) groups excluding carboxylic acids is 1. The van der Waals surface area contributed by atoms with Crippen molar-refractivity contribution in [3.8, 4) is 0 Å². The number of rotatable bonds is 9. The van der Waals surface area contributed by atoms with Gasteiger partial charge in [-0.1, -0.05) is 11.8 Å². The van der Waals surface area contributed by atoms with Gasteiger partial charge in [0.15, 0.2) is 10.9 Å². The summed E-state index contributed by atoms with van der Waals surface area (Å²) in [5.74, 6) is 2.83. The van der Waals surface area contributed by atoms with Crippen LogP contribution in [0.3, 0.4) is 0 Å². The molecule has 1 aliphatic rings. The van der Waals surface area contributed by atoms with Crippen LogP contribution in [0.2, 0.25) is 0 Å². The Morgan fingerprint density at radius 1 is 1.28 bits per heavy atom. The second-order valence-corrected chi connectivity index (χ2v) is 8.73. The van der Waals surface area contributed by atoms with E-state index >= 15 is 0 Å². The van der Waals surface area contributed by atoms with Crippen molar-refractivity contribution in [2.75, 3.05) is 18.6 Å². The van der Waals surface area contributed by atoms with Crippen molar-refractivity contribution in [1.82, 2.24) is 15.3 Å². The third kappa shape index (κ3) is 5.72. The second-order valence-electron chi connectivity index (χ2n) is 7.79. The quantitative estimate of drug-likeness (QED) is 0.374. The van der Waals surface area contributed by atoms with E-state index in [1.807, 2.05) is 6.07 Å². The van der Waals surface area contributed by atoms with Crippen molar-refractivity contribution in [2.45, 2.75) is 56.3 Å². The number of amides is 1. The Hall–Kier alpha value is -2.78. The molecule has 4 heterocycles. The molecule has 0 radical (unpaired) electrons. The highest BCUT2D eigenvalue weighted by Gasteiger charge is 2.21. The summed E-state index contributed by atoms with van der Waals surface area (Å²) in [5, 5.41) is 3.45. The fraction of sp³-hybridized carbons (Fsp3) is 0.435. The maximum absolute atomic E-state index is 12.3. The van der Waals surface area contributed by atoms with Gasteiger partial charge in [-0.25, -0.2) is 9.97 Å². The van der Waals surface area contributed by atoms with Gasteiger partial charge in [0.05, 0.1) is 30.9 Å². The number of methoxy groups -OCH3 is 1. The van der Waals surface area contributed by atoms with Crippen LogP contribution in [0.5, 0.6) is 0 Å². The van der Waals surface area contributed by atoms with E-state index < -0.39 is 0 Å². The summed E-state index contributed by atoms with van der Waals surface area (Å²) < 4.78 is 16.3. The lowest BCUT2D eigenvalue weighted by Gasteiger charge is -2.34. The molecule has 0 saturated carbocycles. The van der Waals surface area contributed by atoms with Gasteiger partial charge in [-0.3, -0.25) is 4.79 Å². The van der Waals surface area contributed by atoms with Gasteiger partial charge in [-0.2, -0.15) is 0 Å². The van der Waals surface area contributed by atoms with Crippen LogP contribution in [0.25, 0.3) is 0 Å². The fourth-order valence-corrected chi connectivity index (χ4v) is 4.48. The first-order valence-corrected chi connectivity index (χ1v) is 11.8. The zero-order chi connectivity index (χ0) is 22.3. The minimum atomic E-state index is -0.280. The van der Waals surface area contributed by atoms with E-state index in [1.165, 1.54) is 31.0 Å². The van der Waals surface area contributed by atoms with Gasteiger partial charge in [-0.15, -0.1) is 0 Å². The van der Waals surface area contributed by atoms with E-state index in [1.54, 1.807) is 37.6 Å². The average molecular weight is 457 g/mol. The van der Waals surface area contributed by atoms with E-state index in [0.29, 0.717) is 41.6 Å². The number of ether oxygens (including phenoxy) is 1. The van der Waals surface area contributed by atoms with Gasteiger partial charge in [-0.05, 0) is 50.5 Å². The summed E-state index contributed by atoms with van der Waals surface area (Å²) in [6.07, 6.45) is 5.17. The molecule has 3 aromatic heterocycles. The lowest BCUT2D eigenvalue weighted by Crippen LogP contribution is -2.38. The van der Waals surface area contributed by atoms with Crippen molar-refractivity contribution in [3.05, 3.63) is 59.6 Å². The third-order valence-electron chi connectivity index (χ3n) is 5.37. The predicted molar refractivity (Wildman–Crippen MR) is 122 cm³/mol. The molecule has 1 fully saturated rings. The van der Waals surface area contributed by atoms with E-state index in [9.17, 15) is 4.79 Å². The lowest BCUT2D eigenvalue weighted by atomic mass is 10.0. The van der Waals surface area contributed by atoms with Crippen molar-refractivity contribution >= 4 is 23.5 Å². The van der Waals surface area contributed by atoms with E-state index in [-0.39, 0.29) is 11.7 Å². The van der Waals surface area contributed by atoms with Crippen LogP contribution < -0.4 is 10.2 Å². The second kappa shape index (κ2) is 10.7. The molecular weight excluding hydrogens is 428 g/mol. The van der Waals surface area contributed by atoms with E-state index in [4.69, 9.17) is 18.6 Å². The van der Waals surface area contributed by atoms with Gasteiger partial charge in [0.2, 0.25) is 0 Å². The zero-order valence-electron chi connectivity index (χ0n) is 18.4. The number of nitrogens with zero attached hydrogens (tertiary/aromatic N) is 3. The molecule has 8 nitrogen and oxygen atoms in total. The Labute approximate surface area is 191 Å². The molecule has 3 aromatic rings. The topological polar surface area (TPSA) is 93.6 Å². The van der Waals surface area contributed by atoms with Crippen LogP contribution in [0.15, 0.2) is 50.6 Å². The average Bonchev–Trinajstić information content (AvgIpc) is 3.49. The van der Waals surface area contributed by atoms with Gasteiger partial charge in [0.1, 0.15) is 17.3 Å². The summed E-state index contributed by atoms with van der Waals surface area (Å²) in [6, 6.07) is 9.55. The van der Waals surface area contributed by atoms with E-state index in [2.05, 4.69) is 22.1 Å². The Kier molecular flexibility index (Phi) is 7.49. The van der Waals surface area contributed by atoms with Gasteiger partial charge < -0.3 is 23.8 Å². The predicted octanol–water partition coefficient (Wildman–Crippen LogP) is 4.41. The van der Waals surface area contributed by atoms with Crippen LogP contribution in [0.1, 0.15) is 54.0 Å². The Bertz CT molecular complexity index is 1020. The minimum Gasteiger partial charge on any atom is -0.467 e. The number of anilines is 1. The molecule has 0 spiro atoms. The number of hydrogen-bond donors (Lipinski definition) is 1. The SMILES string of the molecule is COCc1cc(N2CCCCC2C)nc(SCc2ccc(C(=O)NCc3ccco3)o2)n1. The van der Waals surface area contributed by atoms with Crippen LogP contribution >= 0.6 is 11.8 Å². The molecule has 1 saturated heterocycles. The Balaban J connectivity index is 1.40. The number of thioether (sulfide) groups is 1. The maximum atomic E-state index is 12.3. The normalized spacial score (nSPS) is 16.3. The monoisotopic (exact) mass is 456 g/mol. The largest absolute Gasteiger partial charge is 0.467 e. The number of nitrogens with one attached hydrogen (secondary N) is 1. The number of aromatic nitrogens is 2. The van der Waals surface area contributed by atoms with Crippen LogP contribution in [-0.2, 0) is 23.6 Å². The molecular formula is C23H28N4O4S. The van der Waals surface area contributed by atoms with Crippen LogP contribution in [0, 0.1) is 0 Å².